The lowest BCUT2D eigenvalue weighted by molar-refractivity contribution is -0.137. The third-order valence-corrected chi connectivity index (χ3v) is 7.08. The summed E-state index contributed by atoms with van der Waals surface area (Å²) in [5.74, 6) is 1.10. The summed E-state index contributed by atoms with van der Waals surface area (Å²) in [4.78, 5) is 0. The number of hydrogen-bond acceptors (Lipinski definition) is 5. The highest BCUT2D eigenvalue weighted by molar-refractivity contribution is 8.77. The SMILES string of the molecule is COc1ccc(CSSC=CCS(=O)(=O)Cc2ccc(C(F)(F)F)cc2)cc1. The molecule has 0 aliphatic carbocycles. The van der Waals surface area contributed by atoms with Crippen molar-refractivity contribution in [3.63, 3.8) is 0 Å². The summed E-state index contributed by atoms with van der Waals surface area (Å²) in [5, 5.41) is 1.71. The van der Waals surface area contributed by atoms with E-state index in [9.17, 15) is 21.6 Å². The Morgan fingerprint density at radius 1 is 1.00 bits per heavy atom. The Labute approximate surface area is 170 Å². The summed E-state index contributed by atoms with van der Waals surface area (Å²) in [7, 11) is 1.16. The van der Waals surface area contributed by atoms with Crippen molar-refractivity contribution >= 4 is 31.4 Å². The average molecular weight is 449 g/mol. The van der Waals surface area contributed by atoms with E-state index < -0.39 is 21.6 Å². The molecule has 2 aromatic rings. The van der Waals surface area contributed by atoms with Gasteiger partial charge in [0.1, 0.15) is 5.75 Å². The fraction of sp³-hybridized carbons (Fsp3) is 0.263. The Bertz CT molecular complexity index is 875. The van der Waals surface area contributed by atoms with Gasteiger partial charge in [-0.2, -0.15) is 13.2 Å². The number of alkyl halides is 3. The molecular weight excluding hydrogens is 429 g/mol. The second-order valence-electron chi connectivity index (χ2n) is 5.83. The lowest BCUT2D eigenvalue weighted by Crippen LogP contribution is -2.08. The van der Waals surface area contributed by atoms with E-state index in [1.807, 2.05) is 24.3 Å². The third kappa shape index (κ3) is 7.81. The second kappa shape index (κ2) is 10.3. The van der Waals surface area contributed by atoms with E-state index in [4.69, 9.17) is 4.74 Å². The molecule has 0 aliphatic rings. The first-order chi connectivity index (χ1) is 13.2. The van der Waals surface area contributed by atoms with E-state index in [-0.39, 0.29) is 11.5 Å². The summed E-state index contributed by atoms with van der Waals surface area (Å²) >= 11 is 0. The van der Waals surface area contributed by atoms with E-state index in [0.717, 1.165) is 29.2 Å². The van der Waals surface area contributed by atoms with Crippen LogP contribution >= 0.6 is 21.6 Å². The van der Waals surface area contributed by atoms with Crippen LogP contribution in [0.3, 0.4) is 0 Å². The Morgan fingerprint density at radius 2 is 1.61 bits per heavy atom. The van der Waals surface area contributed by atoms with Gasteiger partial charge in [0.15, 0.2) is 9.84 Å². The van der Waals surface area contributed by atoms with Crippen molar-refractivity contribution in [1.82, 2.24) is 0 Å². The quantitative estimate of drug-likeness (QED) is 0.362. The molecular formula is C19H19F3O3S3. The molecule has 0 heterocycles. The first-order valence-corrected chi connectivity index (χ1v) is 12.3. The maximum absolute atomic E-state index is 12.5. The zero-order valence-electron chi connectivity index (χ0n) is 15.0. The summed E-state index contributed by atoms with van der Waals surface area (Å²) in [5.41, 5.74) is 0.670. The van der Waals surface area contributed by atoms with E-state index in [2.05, 4.69) is 0 Å². The molecule has 9 heteroatoms. The number of methoxy groups -OCH3 is 1. The van der Waals surface area contributed by atoms with Crippen molar-refractivity contribution in [2.75, 3.05) is 12.9 Å². The van der Waals surface area contributed by atoms with Crippen molar-refractivity contribution in [3.05, 3.63) is 76.7 Å². The molecule has 0 N–H and O–H groups in total. The summed E-state index contributed by atoms with van der Waals surface area (Å²) < 4.78 is 66.9. The van der Waals surface area contributed by atoms with Crippen LogP contribution in [-0.4, -0.2) is 21.3 Å². The largest absolute Gasteiger partial charge is 0.497 e. The molecule has 152 valence electrons. The molecule has 0 saturated carbocycles. The van der Waals surface area contributed by atoms with Gasteiger partial charge in [-0.05, 0) is 40.8 Å². The molecule has 0 aromatic heterocycles. The molecule has 28 heavy (non-hydrogen) atoms. The molecule has 0 radical (unpaired) electrons. The number of rotatable bonds is 9. The first-order valence-electron chi connectivity index (χ1n) is 8.12. The molecule has 0 bridgehead atoms. The molecule has 2 aromatic carbocycles. The maximum atomic E-state index is 12.5. The third-order valence-electron chi connectivity index (χ3n) is 3.62. The Hall–Kier alpha value is -1.58. The summed E-state index contributed by atoms with van der Waals surface area (Å²) in [6.45, 7) is 0. The lowest BCUT2D eigenvalue weighted by atomic mass is 10.1. The fourth-order valence-corrected chi connectivity index (χ4v) is 5.25. The van der Waals surface area contributed by atoms with Crippen LogP contribution in [0.1, 0.15) is 16.7 Å². The van der Waals surface area contributed by atoms with Gasteiger partial charge >= 0.3 is 6.18 Å². The highest BCUT2D eigenvalue weighted by Crippen LogP contribution is 2.30. The normalized spacial score (nSPS) is 12.4. The Balaban J connectivity index is 1.75. The highest BCUT2D eigenvalue weighted by Gasteiger charge is 2.30. The predicted molar refractivity (Wildman–Crippen MR) is 110 cm³/mol. The number of benzene rings is 2. The van der Waals surface area contributed by atoms with Crippen LogP contribution < -0.4 is 4.74 Å². The molecule has 0 aliphatic heterocycles. The molecule has 3 nitrogen and oxygen atoms in total. The van der Waals surface area contributed by atoms with E-state index >= 15 is 0 Å². The van der Waals surface area contributed by atoms with Crippen LogP contribution in [0.4, 0.5) is 13.2 Å². The molecule has 0 saturated heterocycles. The molecule has 0 spiro atoms. The van der Waals surface area contributed by atoms with Gasteiger partial charge in [0.2, 0.25) is 0 Å². The minimum Gasteiger partial charge on any atom is -0.497 e. The van der Waals surface area contributed by atoms with Crippen LogP contribution in [0.5, 0.6) is 5.75 Å². The minimum atomic E-state index is -4.43. The van der Waals surface area contributed by atoms with E-state index in [1.54, 1.807) is 29.4 Å². The first kappa shape index (κ1) is 22.7. The van der Waals surface area contributed by atoms with E-state index in [0.29, 0.717) is 5.56 Å². The Morgan fingerprint density at radius 3 is 2.18 bits per heavy atom. The zero-order chi connectivity index (χ0) is 20.6. The number of hydrogen-bond donors (Lipinski definition) is 0. The molecule has 0 atom stereocenters. The van der Waals surface area contributed by atoms with Gasteiger partial charge in [-0.3, -0.25) is 0 Å². The molecule has 2 rings (SSSR count). The standard InChI is InChI=1S/C19H19F3O3S3/c1-25-18-9-5-15(6-10-18)13-27-26-11-2-12-28(23,24)14-16-3-7-17(8-4-16)19(20,21)22/h2-11H,12-14H2,1H3. The van der Waals surface area contributed by atoms with Gasteiger partial charge in [0.25, 0.3) is 0 Å². The topological polar surface area (TPSA) is 43.4 Å². The van der Waals surface area contributed by atoms with Crippen LogP contribution in [0.2, 0.25) is 0 Å². The van der Waals surface area contributed by atoms with Crippen LogP contribution in [-0.2, 0) is 27.5 Å². The van der Waals surface area contributed by atoms with Gasteiger partial charge in [-0.25, -0.2) is 8.42 Å². The molecule has 0 unspecified atom stereocenters. The molecule has 0 fully saturated rings. The van der Waals surface area contributed by atoms with Crippen molar-refractivity contribution in [1.29, 1.82) is 0 Å². The molecule has 0 amide bonds. The fourth-order valence-electron chi connectivity index (χ4n) is 2.19. The number of halogens is 3. The Kier molecular flexibility index (Phi) is 8.33. The zero-order valence-corrected chi connectivity index (χ0v) is 17.4. The smallest absolute Gasteiger partial charge is 0.416 e. The van der Waals surface area contributed by atoms with Crippen LogP contribution in [0.15, 0.2) is 60.0 Å². The van der Waals surface area contributed by atoms with Gasteiger partial charge in [-0.1, -0.05) is 51.9 Å². The van der Waals surface area contributed by atoms with Crippen molar-refractivity contribution < 1.29 is 26.3 Å². The minimum absolute atomic E-state index is 0.163. The lowest BCUT2D eigenvalue weighted by Gasteiger charge is -2.07. The van der Waals surface area contributed by atoms with E-state index in [1.165, 1.54) is 22.9 Å². The highest BCUT2D eigenvalue weighted by atomic mass is 33.1. The van der Waals surface area contributed by atoms with Crippen molar-refractivity contribution in [2.45, 2.75) is 17.7 Å². The van der Waals surface area contributed by atoms with Crippen molar-refractivity contribution in [3.8, 4) is 5.75 Å². The average Bonchev–Trinajstić information content (AvgIpc) is 2.64. The number of sulfone groups is 1. The number of ether oxygens (including phenoxy) is 1. The second-order valence-corrected chi connectivity index (χ2v) is 10.2. The predicted octanol–water partition coefficient (Wildman–Crippen LogP) is 5.72. The van der Waals surface area contributed by atoms with Gasteiger partial charge < -0.3 is 4.74 Å². The summed E-state index contributed by atoms with van der Waals surface area (Å²) in [6, 6.07) is 11.9. The van der Waals surface area contributed by atoms with Crippen LogP contribution in [0.25, 0.3) is 0 Å². The van der Waals surface area contributed by atoms with Crippen LogP contribution in [0, 0.1) is 0 Å². The maximum Gasteiger partial charge on any atom is 0.416 e. The van der Waals surface area contributed by atoms with Gasteiger partial charge in [0, 0.05) is 5.75 Å². The van der Waals surface area contributed by atoms with Gasteiger partial charge in [-0.15, -0.1) is 0 Å². The summed E-state index contributed by atoms with van der Waals surface area (Å²) in [6.07, 6.45) is -2.88. The monoisotopic (exact) mass is 448 g/mol. The van der Waals surface area contributed by atoms with Gasteiger partial charge in [0.05, 0.1) is 24.2 Å². The van der Waals surface area contributed by atoms with Crippen molar-refractivity contribution in [2.24, 2.45) is 0 Å².